The van der Waals surface area contributed by atoms with Gasteiger partial charge in [0.05, 0.1) is 0 Å². The van der Waals surface area contributed by atoms with Crippen molar-refractivity contribution in [2.45, 2.75) is 46.7 Å². The molecule has 0 fully saturated rings. The average Bonchev–Trinajstić information content (AvgIpc) is 2.12. The summed E-state index contributed by atoms with van der Waals surface area (Å²) in [6, 6.07) is 7.33. The molecule has 1 N–H and O–H groups in total. The molecule has 0 aliphatic rings. The fourth-order valence-corrected chi connectivity index (χ4v) is 1.61. The van der Waals surface area contributed by atoms with Gasteiger partial charge >= 0.3 is 0 Å². The van der Waals surface area contributed by atoms with Gasteiger partial charge < -0.3 is 5.32 Å². The first-order valence-electron chi connectivity index (χ1n) is 5.42. The highest BCUT2D eigenvalue weighted by Gasteiger charge is 1.99. The molecule has 0 aliphatic heterocycles. The fraction of sp³-hybridized carbons (Fsp3) is 0.538. The van der Waals surface area contributed by atoms with E-state index in [1.807, 2.05) is 0 Å². The molecule has 0 aromatic heterocycles. The summed E-state index contributed by atoms with van der Waals surface area (Å²) in [6.45, 7) is 9.72. The molecule has 0 heterocycles. The van der Waals surface area contributed by atoms with Crippen LogP contribution in [0.15, 0.2) is 18.2 Å². The Balaban J connectivity index is 2.58. The van der Waals surface area contributed by atoms with Crippen molar-refractivity contribution in [2.75, 3.05) is 0 Å². The standard InChI is InChI=1S/C13H21N/c1-5-12(4)14-9-13-7-10(2)6-11(3)8-13/h6-8,12,14H,5,9H2,1-4H3. The maximum Gasteiger partial charge on any atom is 0.0208 e. The largest absolute Gasteiger partial charge is 0.310 e. The number of nitrogens with one attached hydrogen (secondary N) is 1. The molecule has 14 heavy (non-hydrogen) atoms. The van der Waals surface area contributed by atoms with Gasteiger partial charge in [-0.25, -0.2) is 0 Å². The number of hydrogen-bond donors (Lipinski definition) is 1. The highest BCUT2D eigenvalue weighted by molar-refractivity contribution is 5.28. The van der Waals surface area contributed by atoms with Gasteiger partial charge in [0.25, 0.3) is 0 Å². The molecule has 1 aromatic carbocycles. The summed E-state index contributed by atoms with van der Waals surface area (Å²) in [7, 11) is 0. The fourth-order valence-electron chi connectivity index (χ4n) is 1.61. The van der Waals surface area contributed by atoms with Crippen LogP contribution >= 0.6 is 0 Å². The van der Waals surface area contributed by atoms with Crippen LogP contribution in [0.2, 0.25) is 0 Å². The van der Waals surface area contributed by atoms with E-state index in [-0.39, 0.29) is 0 Å². The van der Waals surface area contributed by atoms with E-state index in [4.69, 9.17) is 0 Å². The smallest absolute Gasteiger partial charge is 0.0208 e. The Bertz CT molecular complexity index is 271. The molecule has 0 spiro atoms. The SMILES string of the molecule is CCC(C)NCc1cc(C)cc(C)c1. The van der Waals surface area contributed by atoms with Crippen LogP contribution in [0.4, 0.5) is 0 Å². The van der Waals surface area contributed by atoms with Crippen LogP contribution in [0.1, 0.15) is 37.0 Å². The zero-order chi connectivity index (χ0) is 10.6. The van der Waals surface area contributed by atoms with Crippen molar-refractivity contribution in [3.8, 4) is 0 Å². The molecule has 0 saturated carbocycles. The summed E-state index contributed by atoms with van der Waals surface area (Å²) in [5, 5.41) is 3.50. The van der Waals surface area contributed by atoms with Crippen LogP contribution < -0.4 is 5.32 Å². The van der Waals surface area contributed by atoms with E-state index >= 15 is 0 Å². The van der Waals surface area contributed by atoms with Crippen LogP contribution in [0.3, 0.4) is 0 Å². The molecule has 0 aliphatic carbocycles. The predicted octanol–water partition coefficient (Wildman–Crippen LogP) is 3.19. The summed E-state index contributed by atoms with van der Waals surface area (Å²) >= 11 is 0. The number of benzene rings is 1. The van der Waals surface area contributed by atoms with Gasteiger partial charge in [0.2, 0.25) is 0 Å². The normalized spacial score (nSPS) is 12.9. The monoisotopic (exact) mass is 191 g/mol. The maximum absolute atomic E-state index is 3.50. The summed E-state index contributed by atoms with van der Waals surface area (Å²) < 4.78 is 0. The highest BCUT2D eigenvalue weighted by Crippen LogP contribution is 2.08. The lowest BCUT2D eigenvalue weighted by atomic mass is 10.1. The van der Waals surface area contributed by atoms with Crippen molar-refractivity contribution < 1.29 is 0 Å². The molecule has 0 saturated heterocycles. The van der Waals surface area contributed by atoms with Crippen LogP contribution in [0.5, 0.6) is 0 Å². The Morgan fingerprint density at radius 1 is 1.14 bits per heavy atom. The van der Waals surface area contributed by atoms with Gasteiger partial charge in [-0.3, -0.25) is 0 Å². The number of hydrogen-bond acceptors (Lipinski definition) is 1. The summed E-state index contributed by atoms with van der Waals surface area (Å²) in [5.74, 6) is 0. The summed E-state index contributed by atoms with van der Waals surface area (Å²) in [6.07, 6.45) is 1.19. The van der Waals surface area contributed by atoms with Gasteiger partial charge in [0.1, 0.15) is 0 Å². The zero-order valence-corrected chi connectivity index (χ0v) is 9.72. The molecule has 1 unspecified atom stereocenters. The van der Waals surface area contributed by atoms with E-state index in [1.54, 1.807) is 0 Å². The Labute approximate surface area is 87.5 Å². The zero-order valence-electron chi connectivity index (χ0n) is 9.72. The van der Waals surface area contributed by atoms with E-state index in [0.717, 1.165) is 6.54 Å². The van der Waals surface area contributed by atoms with Crippen LogP contribution in [0.25, 0.3) is 0 Å². The first-order valence-corrected chi connectivity index (χ1v) is 5.42. The van der Waals surface area contributed by atoms with Crippen LogP contribution in [-0.2, 0) is 6.54 Å². The van der Waals surface area contributed by atoms with E-state index in [2.05, 4.69) is 51.2 Å². The maximum atomic E-state index is 3.50. The molecular formula is C13H21N. The molecule has 1 rings (SSSR count). The Hall–Kier alpha value is -0.820. The molecule has 78 valence electrons. The van der Waals surface area contributed by atoms with Crippen molar-refractivity contribution in [1.82, 2.24) is 5.32 Å². The first-order chi connectivity index (χ1) is 6.61. The third-order valence-corrected chi connectivity index (χ3v) is 2.55. The lowest BCUT2D eigenvalue weighted by Crippen LogP contribution is -2.24. The molecular weight excluding hydrogens is 170 g/mol. The number of rotatable bonds is 4. The van der Waals surface area contributed by atoms with Crippen molar-refractivity contribution in [3.63, 3.8) is 0 Å². The van der Waals surface area contributed by atoms with Crippen LogP contribution in [-0.4, -0.2) is 6.04 Å². The Morgan fingerprint density at radius 3 is 2.21 bits per heavy atom. The molecule has 0 bridgehead atoms. The van der Waals surface area contributed by atoms with Gasteiger partial charge in [-0.15, -0.1) is 0 Å². The number of aryl methyl sites for hydroxylation is 2. The van der Waals surface area contributed by atoms with Gasteiger partial charge in [-0.1, -0.05) is 36.2 Å². The third kappa shape index (κ3) is 3.51. The minimum atomic E-state index is 0.607. The first kappa shape index (κ1) is 11.3. The molecule has 0 radical (unpaired) electrons. The minimum Gasteiger partial charge on any atom is -0.310 e. The van der Waals surface area contributed by atoms with Gasteiger partial charge in [0, 0.05) is 12.6 Å². The lowest BCUT2D eigenvalue weighted by molar-refractivity contribution is 0.534. The second kappa shape index (κ2) is 5.16. The topological polar surface area (TPSA) is 12.0 Å². The van der Waals surface area contributed by atoms with Crippen LogP contribution in [0, 0.1) is 13.8 Å². The van der Waals surface area contributed by atoms with E-state index in [9.17, 15) is 0 Å². The Morgan fingerprint density at radius 2 is 1.71 bits per heavy atom. The predicted molar refractivity (Wildman–Crippen MR) is 62.5 cm³/mol. The second-order valence-corrected chi connectivity index (χ2v) is 4.19. The highest BCUT2D eigenvalue weighted by atomic mass is 14.9. The van der Waals surface area contributed by atoms with Crippen molar-refractivity contribution in [1.29, 1.82) is 0 Å². The quantitative estimate of drug-likeness (QED) is 0.770. The molecule has 1 heteroatoms. The molecule has 0 amide bonds. The van der Waals surface area contributed by atoms with Crippen molar-refractivity contribution >= 4 is 0 Å². The third-order valence-electron chi connectivity index (χ3n) is 2.55. The van der Waals surface area contributed by atoms with E-state index in [0.29, 0.717) is 6.04 Å². The van der Waals surface area contributed by atoms with E-state index < -0.39 is 0 Å². The Kier molecular flexibility index (Phi) is 4.15. The minimum absolute atomic E-state index is 0.607. The molecule has 1 aromatic rings. The molecule has 1 nitrogen and oxygen atoms in total. The van der Waals surface area contributed by atoms with Gasteiger partial charge in [-0.2, -0.15) is 0 Å². The van der Waals surface area contributed by atoms with E-state index in [1.165, 1.54) is 23.1 Å². The lowest BCUT2D eigenvalue weighted by Gasteiger charge is -2.12. The van der Waals surface area contributed by atoms with Gasteiger partial charge in [0.15, 0.2) is 0 Å². The van der Waals surface area contributed by atoms with Crippen molar-refractivity contribution in [3.05, 3.63) is 34.9 Å². The van der Waals surface area contributed by atoms with Gasteiger partial charge in [-0.05, 0) is 32.8 Å². The summed E-state index contributed by atoms with van der Waals surface area (Å²) in [5.41, 5.74) is 4.10. The van der Waals surface area contributed by atoms with Crippen molar-refractivity contribution in [2.24, 2.45) is 0 Å². The average molecular weight is 191 g/mol. The molecule has 1 atom stereocenters. The second-order valence-electron chi connectivity index (χ2n) is 4.19. The summed E-state index contributed by atoms with van der Waals surface area (Å²) in [4.78, 5) is 0.